The third-order valence-electron chi connectivity index (χ3n) is 3.10. The van der Waals surface area contributed by atoms with Crippen LogP contribution in [0.5, 0.6) is 0 Å². The fraction of sp³-hybridized carbons (Fsp3) is 0.714. The van der Waals surface area contributed by atoms with E-state index in [4.69, 9.17) is 5.73 Å². The molecule has 0 radical (unpaired) electrons. The highest BCUT2D eigenvalue weighted by molar-refractivity contribution is 5.89. The SMILES string of the molecule is CC(C)CC(CN)CC(=O)Nc1cc(C(C)C)[nH]n1. The van der Waals surface area contributed by atoms with Crippen LogP contribution in [0.15, 0.2) is 6.07 Å². The molecule has 19 heavy (non-hydrogen) atoms. The van der Waals surface area contributed by atoms with E-state index in [1.54, 1.807) is 0 Å². The molecule has 1 amide bonds. The van der Waals surface area contributed by atoms with Gasteiger partial charge in [0.05, 0.1) is 0 Å². The maximum absolute atomic E-state index is 11.9. The average Bonchev–Trinajstić information content (AvgIpc) is 2.75. The van der Waals surface area contributed by atoms with Crippen LogP contribution in [-0.2, 0) is 4.79 Å². The number of aromatic amines is 1. The van der Waals surface area contributed by atoms with Crippen molar-refractivity contribution in [3.05, 3.63) is 11.8 Å². The van der Waals surface area contributed by atoms with E-state index >= 15 is 0 Å². The van der Waals surface area contributed by atoms with Gasteiger partial charge in [-0.05, 0) is 30.7 Å². The monoisotopic (exact) mass is 266 g/mol. The highest BCUT2D eigenvalue weighted by atomic mass is 16.1. The summed E-state index contributed by atoms with van der Waals surface area (Å²) in [6.07, 6.45) is 1.43. The van der Waals surface area contributed by atoms with Crippen LogP contribution in [0.25, 0.3) is 0 Å². The zero-order chi connectivity index (χ0) is 14.4. The summed E-state index contributed by atoms with van der Waals surface area (Å²) in [5.41, 5.74) is 6.73. The fourth-order valence-electron chi connectivity index (χ4n) is 2.08. The molecular weight excluding hydrogens is 240 g/mol. The van der Waals surface area contributed by atoms with E-state index in [-0.39, 0.29) is 11.8 Å². The van der Waals surface area contributed by atoms with Crippen LogP contribution < -0.4 is 11.1 Å². The molecule has 1 heterocycles. The Morgan fingerprint density at radius 3 is 2.58 bits per heavy atom. The first kappa shape index (κ1) is 15.7. The van der Waals surface area contributed by atoms with Gasteiger partial charge in [-0.3, -0.25) is 9.89 Å². The number of aromatic nitrogens is 2. The molecule has 4 N–H and O–H groups in total. The maximum Gasteiger partial charge on any atom is 0.225 e. The molecule has 1 atom stereocenters. The zero-order valence-corrected chi connectivity index (χ0v) is 12.4. The second-order valence-electron chi connectivity index (χ2n) is 5.85. The molecule has 1 aromatic heterocycles. The van der Waals surface area contributed by atoms with Gasteiger partial charge < -0.3 is 11.1 Å². The fourth-order valence-corrected chi connectivity index (χ4v) is 2.08. The number of anilines is 1. The van der Waals surface area contributed by atoms with Gasteiger partial charge in [-0.25, -0.2) is 0 Å². The first-order chi connectivity index (χ1) is 8.92. The van der Waals surface area contributed by atoms with Gasteiger partial charge in [-0.2, -0.15) is 5.10 Å². The zero-order valence-electron chi connectivity index (χ0n) is 12.4. The van der Waals surface area contributed by atoms with Crippen molar-refractivity contribution in [2.75, 3.05) is 11.9 Å². The van der Waals surface area contributed by atoms with Gasteiger partial charge in [0.2, 0.25) is 5.91 Å². The smallest absolute Gasteiger partial charge is 0.225 e. The Bertz CT molecular complexity index is 398. The lowest BCUT2D eigenvalue weighted by molar-refractivity contribution is -0.117. The van der Waals surface area contributed by atoms with E-state index in [1.807, 2.05) is 6.07 Å². The molecule has 108 valence electrons. The minimum Gasteiger partial charge on any atom is -0.330 e. The van der Waals surface area contributed by atoms with E-state index in [0.29, 0.717) is 30.6 Å². The van der Waals surface area contributed by atoms with Crippen LogP contribution in [0.2, 0.25) is 0 Å². The van der Waals surface area contributed by atoms with E-state index in [9.17, 15) is 4.79 Å². The molecule has 0 bridgehead atoms. The summed E-state index contributed by atoms with van der Waals surface area (Å²) in [6.45, 7) is 8.98. The Morgan fingerprint density at radius 2 is 2.11 bits per heavy atom. The topological polar surface area (TPSA) is 83.8 Å². The van der Waals surface area contributed by atoms with E-state index in [1.165, 1.54) is 0 Å². The van der Waals surface area contributed by atoms with Gasteiger partial charge in [0.15, 0.2) is 5.82 Å². The van der Waals surface area contributed by atoms with Crippen molar-refractivity contribution in [3.8, 4) is 0 Å². The Balaban J connectivity index is 2.49. The predicted octanol–water partition coefficient (Wildman–Crippen LogP) is 2.48. The number of amides is 1. The number of rotatable bonds is 7. The molecule has 5 heteroatoms. The van der Waals surface area contributed by atoms with Crippen LogP contribution in [0.4, 0.5) is 5.82 Å². The summed E-state index contributed by atoms with van der Waals surface area (Å²) in [6, 6.07) is 1.88. The number of hydrogen-bond acceptors (Lipinski definition) is 3. The molecule has 1 rings (SSSR count). The Hall–Kier alpha value is -1.36. The van der Waals surface area contributed by atoms with Crippen molar-refractivity contribution >= 4 is 11.7 Å². The van der Waals surface area contributed by atoms with Crippen molar-refractivity contribution in [2.24, 2.45) is 17.6 Å². The standard InChI is InChI=1S/C14H26N4O/c1-9(2)5-11(8-15)6-14(19)16-13-7-12(10(3)4)17-18-13/h7,9-11H,5-6,8,15H2,1-4H3,(H2,16,17,18,19). The molecule has 0 spiro atoms. The number of nitrogens with zero attached hydrogens (tertiary/aromatic N) is 1. The summed E-state index contributed by atoms with van der Waals surface area (Å²) in [4.78, 5) is 11.9. The van der Waals surface area contributed by atoms with Gasteiger partial charge in [0.25, 0.3) is 0 Å². The third kappa shape index (κ3) is 5.42. The molecule has 1 aromatic rings. The molecule has 0 aliphatic heterocycles. The largest absolute Gasteiger partial charge is 0.330 e. The summed E-state index contributed by atoms with van der Waals surface area (Å²) >= 11 is 0. The van der Waals surface area contributed by atoms with Crippen molar-refractivity contribution in [1.29, 1.82) is 0 Å². The maximum atomic E-state index is 11.9. The second-order valence-corrected chi connectivity index (χ2v) is 5.85. The lowest BCUT2D eigenvalue weighted by Gasteiger charge is -2.15. The molecule has 1 unspecified atom stereocenters. The molecular formula is C14H26N4O. The molecule has 0 saturated carbocycles. The van der Waals surface area contributed by atoms with Gasteiger partial charge in [-0.15, -0.1) is 0 Å². The number of carbonyl (C=O) groups is 1. The number of hydrogen-bond donors (Lipinski definition) is 3. The van der Waals surface area contributed by atoms with Crippen LogP contribution in [0.1, 0.15) is 52.1 Å². The molecule has 0 aliphatic rings. The first-order valence-electron chi connectivity index (χ1n) is 6.97. The summed E-state index contributed by atoms with van der Waals surface area (Å²) < 4.78 is 0. The summed E-state index contributed by atoms with van der Waals surface area (Å²) in [5.74, 6) is 1.74. The lowest BCUT2D eigenvalue weighted by atomic mass is 9.94. The van der Waals surface area contributed by atoms with Crippen molar-refractivity contribution in [3.63, 3.8) is 0 Å². The number of carbonyl (C=O) groups excluding carboxylic acids is 1. The predicted molar refractivity (Wildman–Crippen MR) is 77.9 cm³/mol. The van der Waals surface area contributed by atoms with Gasteiger partial charge in [-0.1, -0.05) is 27.7 Å². The quantitative estimate of drug-likeness (QED) is 0.709. The van der Waals surface area contributed by atoms with Gasteiger partial charge in [0, 0.05) is 18.2 Å². The number of H-pyrrole nitrogens is 1. The Labute approximate surface area is 115 Å². The minimum absolute atomic E-state index is 0.0158. The highest BCUT2D eigenvalue weighted by Crippen LogP contribution is 2.17. The van der Waals surface area contributed by atoms with Crippen LogP contribution in [-0.4, -0.2) is 22.6 Å². The van der Waals surface area contributed by atoms with Gasteiger partial charge >= 0.3 is 0 Å². The lowest BCUT2D eigenvalue weighted by Crippen LogP contribution is -2.23. The van der Waals surface area contributed by atoms with Crippen LogP contribution >= 0.6 is 0 Å². The number of nitrogens with two attached hydrogens (primary N) is 1. The highest BCUT2D eigenvalue weighted by Gasteiger charge is 2.15. The van der Waals surface area contributed by atoms with Gasteiger partial charge in [0.1, 0.15) is 0 Å². The molecule has 0 saturated heterocycles. The average molecular weight is 266 g/mol. The second kappa shape index (κ2) is 7.28. The van der Waals surface area contributed by atoms with E-state index in [0.717, 1.165) is 12.1 Å². The molecule has 0 fully saturated rings. The normalized spacial score (nSPS) is 13.0. The molecule has 0 aliphatic carbocycles. The first-order valence-corrected chi connectivity index (χ1v) is 6.97. The summed E-state index contributed by atoms with van der Waals surface area (Å²) in [5, 5.41) is 9.82. The third-order valence-corrected chi connectivity index (χ3v) is 3.10. The van der Waals surface area contributed by atoms with E-state index < -0.39 is 0 Å². The number of nitrogens with one attached hydrogen (secondary N) is 2. The van der Waals surface area contributed by atoms with Crippen molar-refractivity contribution < 1.29 is 4.79 Å². The Kier molecular flexibility index (Phi) is 6.02. The Morgan fingerprint density at radius 1 is 1.42 bits per heavy atom. The minimum atomic E-state index is -0.0158. The van der Waals surface area contributed by atoms with Crippen molar-refractivity contribution in [2.45, 2.75) is 46.5 Å². The molecule has 0 aromatic carbocycles. The van der Waals surface area contributed by atoms with Crippen LogP contribution in [0.3, 0.4) is 0 Å². The van der Waals surface area contributed by atoms with Crippen molar-refractivity contribution in [1.82, 2.24) is 10.2 Å². The molecule has 5 nitrogen and oxygen atoms in total. The van der Waals surface area contributed by atoms with Crippen LogP contribution in [0, 0.1) is 11.8 Å². The summed E-state index contributed by atoms with van der Waals surface area (Å²) in [7, 11) is 0. The van der Waals surface area contributed by atoms with E-state index in [2.05, 4.69) is 43.2 Å².